The summed E-state index contributed by atoms with van der Waals surface area (Å²) in [6.45, 7) is 0. The quantitative estimate of drug-likeness (QED) is 0.658. The van der Waals surface area contributed by atoms with Crippen LogP contribution in [0.25, 0.3) is 5.82 Å². The Kier molecular flexibility index (Phi) is 2.42. The molecule has 0 amide bonds. The molecule has 0 unspecified atom stereocenters. The molecule has 2 aromatic rings. The van der Waals surface area contributed by atoms with Crippen LogP contribution in [0.3, 0.4) is 0 Å². The van der Waals surface area contributed by atoms with E-state index in [1.165, 1.54) is 18.4 Å². The van der Waals surface area contributed by atoms with Crippen LogP contribution in [-0.4, -0.2) is 20.6 Å². The molecule has 1 saturated carbocycles. The first-order valence-electron chi connectivity index (χ1n) is 7.15. The van der Waals surface area contributed by atoms with Crippen LogP contribution in [0.2, 0.25) is 0 Å². The standard InChI is InChI=1S/C15H17N5/c16-14(17)11-8-10-2-1-3-12(10)18-15(11)20-7-6-13(19-20)9-4-5-9/h6-9H,1-5H2,(H3,16,17). The number of fused-ring (bicyclic) bond motifs is 1. The number of nitrogens with zero attached hydrogens (tertiary/aromatic N) is 3. The summed E-state index contributed by atoms with van der Waals surface area (Å²) in [6.07, 6.45) is 7.58. The molecular formula is C15H17N5. The number of hydrogen-bond acceptors (Lipinski definition) is 3. The fraction of sp³-hybridized carbons (Fsp3) is 0.400. The van der Waals surface area contributed by atoms with E-state index in [9.17, 15) is 0 Å². The van der Waals surface area contributed by atoms with Crippen molar-refractivity contribution in [3.05, 3.63) is 40.8 Å². The maximum absolute atomic E-state index is 7.79. The van der Waals surface area contributed by atoms with Crippen LogP contribution in [0, 0.1) is 5.41 Å². The third-order valence-corrected chi connectivity index (χ3v) is 4.14. The predicted molar refractivity (Wildman–Crippen MR) is 76.4 cm³/mol. The first kappa shape index (κ1) is 11.6. The van der Waals surface area contributed by atoms with Crippen molar-refractivity contribution in [2.75, 3.05) is 0 Å². The Balaban J connectivity index is 1.84. The molecule has 5 heteroatoms. The predicted octanol–water partition coefficient (Wildman–Crippen LogP) is 1.92. The average molecular weight is 267 g/mol. The summed E-state index contributed by atoms with van der Waals surface area (Å²) in [5.74, 6) is 1.38. The van der Waals surface area contributed by atoms with Crippen LogP contribution < -0.4 is 5.73 Å². The lowest BCUT2D eigenvalue weighted by atomic mass is 10.1. The molecule has 20 heavy (non-hydrogen) atoms. The van der Waals surface area contributed by atoms with Gasteiger partial charge in [-0.2, -0.15) is 5.10 Å². The molecule has 0 aliphatic heterocycles. The normalized spacial score (nSPS) is 17.2. The van der Waals surface area contributed by atoms with E-state index in [1.54, 1.807) is 4.68 Å². The highest BCUT2D eigenvalue weighted by Crippen LogP contribution is 2.39. The zero-order chi connectivity index (χ0) is 13.7. The fourth-order valence-corrected chi connectivity index (χ4v) is 2.89. The van der Waals surface area contributed by atoms with Gasteiger partial charge in [0.25, 0.3) is 0 Å². The largest absolute Gasteiger partial charge is 0.384 e. The average Bonchev–Trinajstić information content (AvgIpc) is 3.01. The number of aromatic nitrogens is 3. The lowest BCUT2D eigenvalue weighted by Crippen LogP contribution is -2.17. The van der Waals surface area contributed by atoms with E-state index >= 15 is 0 Å². The van der Waals surface area contributed by atoms with Crippen molar-refractivity contribution >= 4 is 5.84 Å². The summed E-state index contributed by atoms with van der Waals surface area (Å²) in [7, 11) is 0. The van der Waals surface area contributed by atoms with E-state index in [0.717, 1.165) is 30.7 Å². The van der Waals surface area contributed by atoms with E-state index in [2.05, 4.69) is 11.2 Å². The van der Waals surface area contributed by atoms with E-state index in [4.69, 9.17) is 16.1 Å². The summed E-state index contributed by atoms with van der Waals surface area (Å²) in [4.78, 5) is 4.72. The number of pyridine rings is 1. The lowest BCUT2D eigenvalue weighted by Gasteiger charge is -2.10. The number of rotatable bonds is 3. The van der Waals surface area contributed by atoms with Crippen LogP contribution in [0.4, 0.5) is 0 Å². The molecule has 0 aromatic carbocycles. The highest BCUT2D eigenvalue weighted by Gasteiger charge is 2.26. The molecule has 1 fully saturated rings. The molecule has 3 N–H and O–H groups in total. The second kappa shape index (κ2) is 4.16. The van der Waals surface area contributed by atoms with Gasteiger partial charge in [0.15, 0.2) is 5.82 Å². The van der Waals surface area contributed by atoms with Crippen LogP contribution in [0.1, 0.15) is 47.7 Å². The summed E-state index contributed by atoms with van der Waals surface area (Å²) in [5.41, 5.74) is 9.91. The Morgan fingerprint density at radius 2 is 2.20 bits per heavy atom. The van der Waals surface area contributed by atoms with Crippen LogP contribution in [0.5, 0.6) is 0 Å². The Morgan fingerprint density at radius 1 is 1.35 bits per heavy atom. The molecule has 5 nitrogen and oxygen atoms in total. The van der Waals surface area contributed by atoms with E-state index < -0.39 is 0 Å². The minimum Gasteiger partial charge on any atom is -0.384 e. The van der Waals surface area contributed by atoms with Crippen LogP contribution >= 0.6 is 0 Å². The highest BCUT2D eigenvalue weighted by molar-refractivity contribution is 5.98. The molecule has 0 spiro atoms. The van der Waals surface area contributed by atoms with Gasteiger partial charge in [0.1, 0.15) is 5.84 Å². The monoisotopic (exact) mass is 267 g/mol. The van der Waals surface area contributed by atoms with Gasteiger partial charge in [-0.05, 0) is 49.8 Å². The van der Waals surface area contributed by atoms with Gasteiger partial charge in [0.2, 0.25) is 0 Å². The van der Waals surface area contributed by atoms with Crippen molar-refractivity contribution in [2.45, 2.75) is 38.0 Å². The number of nitrogen functional groups attached to an aromatic ring is 1. The topological polar surface area (TPSA) is 80.6 Å². The van der Waals surface area contributed by atoms with Crippen molar-refractivity contribution in [3.8, 4) is 5.82 Å². The van der Waals surface area contributed by atoms with Gasteiger partial charge < -0.3 is 5.73 Å². The maximum Gasteiger partial charge on any atom is 0.164 e. The molecule has 0 saturated heterocycles. The summed E-state index contributed by atoms with van der Waals surface area (Å²) < 4.78 is 1.78. The fourth-order valence-electron chi connectivity index (χ4n) is 2.89. The Morgan fingerprint density at radius 3 is 2.95 bits per heavy atom. The molecule has 0 atom stereocenters. The molecule has 2 heterocycles. The van der Waals surface area contributed by atoms with Gasteiger partial charge in [-0.1, -0.05) is 0 Å². The second-order valence-electron chi connectivity index (χ2n) is 5.69. The van der Waals surface area contributed by atoms with Gasteiger partial charge in [0, 0.05) is 17.8 Å². The van der Waals surface area contributed by atoms with Crippen molar-refractivity contribution in [1.82, 2.24) is 14.8 Å². The van der Waals surface area contributed by atoms with Gasteiger partial charge in [-0.25, -0.2) is 9.67 Å². The smallest absolute Gasteiger partial charge is 0.164 e. The summed E-state index contributed by atoms with van der Waals surface area (Å²) in [6, 6.07) is 4.07. The summed E-state index contributed by atoms with van der Waals surface area (Å²) >= 11 is 0. The van der Waals surface area contributed by atoms with E-state index in [-0.39, 0.29) is 5.84 Å². The van der Waals surface area contributed by atoms with Gasteiger partial charge in [0.05, 0.1) is 11.3 Å². The Hall–Kier alpha value is -2.17. The molecule has 2 aromatic heterocycles. The highest BCUT2D eigenvalue weighted by atomic mass is 15.3. The zero-order valence-corrected chi connectivity index (χ0v) is 11.3. The summed E-state index contributed by atoms with van der Waals surface area (Å²) in [5, 5.41) is 12.4. The first-order valence-corrected chi connectivity index (χ1v) is 7.15. The first-order chi connectivity index (χ1) is 9.72. The van der Waals surface area contributed by atoms with Gasteiger partial charge >= 0.3 is 0 Å². The van der Waals surface area contributed by atoms with Gasteiger partial charge in [-0.15, -0.1) is 0 Å². The molecule has 2 aliphatic carbocycles. The van der Waals surface area contributed by atoms with Crippen molar-refractivity contribution in [3.63, 3.8) is 0 Å². The minimum atomic E-state index is 0.0608. The third kappa shape index (κ3) is 1.81. The Bertz CT molecular complexity index is 696. The molecule has 0 bridgehead atoms. The van der Waals surface area contributed by atoms with E-state index in [1.807, 2.05) is 12.3 Å². The molecule has 4 rings (SSSR count). The van der Waals surface area contributed by atoms with Gasteiger partial charge in [-0.3, -0.25) is 5.41 Å². The van der Waals surface area contributed by atoms with Crippen LogP contribution in [0.15, 0.2) is 18.3 Å². The minimum absolute atomic E-state index is 0.0608. The molecule has 0 radical (unpaired) electrons. The van der Waals surface area contributed by atoms with Crippen molar-refractivity contribution in [1.29, 1.82) is 5.41 Å². The number of nitrogens with one attached hydrogen (secondary N) is 1. The number of aryl methyl sites for hydroxylation is 2. The van der Waals surface area contributed by atoms with Crippen LogP contribution in [-0.2, 0) is 12.8 Å². The SMILES string of the molecule is N=C(N)c1cc2c(nc1-n1ccc(C3CC3)n1)CCC2. The lowest BCUT2D eigenvalue weighted by molar-refractivity contribution is 0.801. The third-order valence-electron chi connectivity index (χ3n) is 4.14. The van der Waals surface area contributed by atoms with Crippen molar-refractivity contribution < 1.29 is 0 Å². The number of hydrogen-bond donors (Lipinski definition) is 2. The second-order valence-corrected chi connectivity index (χ2v) is 5.69. The Labute approximate surface area is 117 Å². The van der Waals surface area contributed by atoms with Crippen molar-refractivity contribution in [2.24, 2.45) is 5.73 Å². The molecule has 2 aliphatic rings. The number of nitrogens with two attached hydrogens (primary N) is 1. The molecular weight excluding hydrogens is 250 g/mol. The van der Waals surface area contributed by atoms with E-state index in [0.29, 0.717) is 17.3 Å². The molecule has 102 valence electrons. The maximum atomic E-state index is 7.79. The zero-order valence-electron chi connectivity index (χ0n) is 11.3. The number of amidine groups is 1.